The van der Waals surface area contributed by atoms with Gasteiger partial charge in [0.2, 0.25) is 0 Å². The van der Waals surface area contributed by atoms with Gasteiger partial charge in [-0.1, -0.05) is 16.2 Å². The topological polar surface area (TPSA) is 48.8 Å². The Balaban J connectivity index is 0.00000324. The van der Waals surface area contributed by atoms with Crippen molar-refractivity contribution in [3.63, 3.8) is 0 Å². The van der Waals surface area contributed by atoms with Gasteiger partial charge in [-0.05, 0) is 37.4 Å². The maximum Gasteiger partial charge on any atom is 1.00 e. The number of azide groups is 1. The fourth-order valence-electron chi connectivity index (χ4n) is 2.20. The van der Waals surface area contributed by atoms with Crippen LogP contribution in [0.4, 0.5) is 18.6 Å². The second-order valence-corrected chi connectivity index (χ2v) is 4.35. The Kier molecular flexibility index (Phi) is 7.54. The molecule has 0 atom stereocenters. The summed E-state index contributed by atoms with van der Waals surface area (Å²) in [5, 5.41) is 3.39. The third kappa shape index (κ3) is 3.94. The number of hydrogen-bond donors (Lipinski definition) is 1. The molecule has 0 amide bonds. The summed E-state index contributed by atoms with van der Waals surface area (Å²) in [6.45, 7) is -0.749. The van der Waals surface area contributed by atoms with Crippen LogP contribution in [-0.2, 0) is 5.75 Å². The Labute approximate surface area is 157 Å². The summed E-state index contributed by atoms with van der Waals surface area (Å²) in [4.78, 5) is 2.60. The van der Waals surface area contributed by atoms with Crippen LogP contribution in [0, 0.1) is 20.8 Å². The molecule has 9 heteroatoms. The Bertz CT molecular complexity index is 542. The molecule has 1 aromatic carbocycles. The molecule has 0 N–H and O–H groups in total. The molecule has 0 spiro atoms. The molecule has 0 aliphatic heterocycles. The molecule has 0 fully saturated rings. The summed E-state index contributed by atoms with van der Waals surface area (Å²) in [6, 6.07) is 0. The van der Waals surface area contributed by atoms with Crippen LogP contribution in [0.25, 0.3) is 10.4 Å². The van der Waals surface area contributed by atoms with Crippen molar-refractivity contribution in [1.29, 1.82) is 0 Å². The molecule has 0 aliphatic rings. The molecule has 1 rings (SSSR count). The molecular weight excluding hydrogens is 301 g/mol. The van der Waals surface area contributed by atoms with E-state index in [-0.39, 0.29) is 74.0 Å². The standard InChI is InChI=1S/C10H12BF3N3S.K/c1-5-8(4-18)6(2)10(16-17-15)7(3)9(5)11(12,13)14;/h18H,4H2,1-3H3;/q-1;+1. The third-order valence-electron chi connectivity index (χ3n) is 3.05. The van der Waals surface area contributed by atoms with Gasteiger partial charge in [0, 0.05) is 16.4 Å². The molecular formula is C10H12BF3KN3S. The minimum absolute atomic E-state index is 0. The smallest absolute Gasteiger partial charge is 0.445 e. The van der Waals surface area contributed by atoms with Crippen LogP contribution in [0.3, 0.4) is 0 Å². The van der Waals surface area contributed by atoms with Crippen molar-refractivity contribution < 1.29 is 64.3 Å². The van der Waals surface area contributed by atoms with Crippen molar-refractivity contribution in [2.75, 3.05) is 0 Å². The number of hydrogen-bond acceptors (Lipinski definition) is 2. The van der Waals surface area contributed by atoms with E-state index in [1.807, 2.05) is 0 Å². The fourth-order valence-corrected chi connectivity index (χ4v) is 2.67. The molecule has 0 aliphatic carbocycles. The van der Waals surface area contributed by atoms with Gasteiger partial charge in [-0.15, -0.1) is 5.46 Å². The van der Waals surface area contributed by atoms with Crippen molar-refractivity contribution in [3.05, 3.63) is 32.7 Å². The molecule has 1 aromatic rings. The summed E-state index contributed by atoms with van der Waals surface area (Å²) in [6.07, 6.45) is 0. The van der Waals surface area contributed by atoms with Gasteiger partial charge in [0.05, 0.1) is 0 Å². The molecule has 3 nitrogen and oxygen atoms in total. The van der Waals surface area contributed by atoms with Gasteiger partial charge in [-0.2, -0.15) is 12.6 Å². The van der Waals surface area contributed by atoms with Crippen molar-refractivity contribution in [2.45, 2.75) is 26.5 Å². The van der Waals surface area contributed by atoms with Crippen molar-refractivity contribution >= 4 is 30.8 Å². The molecule has 19 heavy (non-hydrogen) atoms. The minimum Gasteiger partial charge on any atom is -0.445 e. The largest absolute Gasteiger partial charge is 1.00 e. The monoisotopic (exact) mass is 313 g/mol. The number of halogens is 3. The summed E-state index contributed by atoms with van der Waals surface area (Å²) >= 11 is 4.05. The van der Waals surface area contributed by atoms with Crippen LogP contribution >= 0.6 is 12.6 Å². The quantitative estimate of drug-likeness (QED) is 0.285. The first kappa shape index (κ1) is 19.4. The van der Waals surface area contributed by atoms with Gasteiger partial charge in [-0.3, -0.25) is 0 Å². The first-order valence-corrected chi connectivity index (χ1v) is 5.87. The van der Waals surface area contributed by atoms with Gasteiger partial charge in [0.25, 0.3) is 0 Å². The first-order chi connectivity index (χ1) is 8.25. The third-order valence-corrected chi connectivity index (χ3v) is 3.37. The average Bonchev–Trinajstić information content (AvgIpc) is 2.23. The zero-order valence-electron chi connectivity index (χ0n) is 11.2. The van der Waals surface area contributed by atoms with Crippen molar-refractivity contribution in [2.24, 2.45) is 5.11 Å². The summed E-state index contributed by atoms with van der Waals surface area (Å²) in [5.74, 6) is 0.172. The van der Waals surface area contributed by atoms with Crippen LogP contribution in [0.1, 0.15) is 22.3 Å². The van der Waals surface area contributed by atoms with Gasteiger partial charge in [-0.25, -0.2) is 0 Å². The van der Waals surface area contributed by atoms with Gasteiger partial charge in [0.15, 0.2) is 0 Å². The van der Waals surface area contributed by atoms with E-state index in [1.54, 1.807) is 6.92 Å². The first-order valence-electron chi connectivity index (χ1n) is 5.24. The van der Waals surface area contributed by atoms with E-state index < -0.39 is 12.4 Å². The molecule has 0 unspecified atom stereocenters. The predicted octanol–water partition coefficient (Wildman–Crippen LogP) is 1.04. The second-order valence-electron chi connectivity index (χ2n) is 4.04. The predicted molar refractivity (Wildman–Crippen MR) is 70.9 cm³/mol. The van der Waals surface area contributed by atoms with E-state index in [0.717, 1.165) is 0 Å². The number of rotatable bonds is 3. The van der Waals surface area contributed by atoms with Crippen LogP contribution in [0.15, 0.2) is 5.11 Å². The maximum absolute atomic E-state index is 13.1. The zero-order chi connectivity index (χ0) is 14.1. The molecule has 98 valence electrons. The average molecular weight is 313 g/mol. The molecule has 0 heterocycles. The fraction of sp³-hybridized carbons (Fsp3) is 0.400. The maximum atomic E-state index is 13.1. The van der Waals surface area contributed by atoms with E-state index >= 15 is 0 Å². The Morgan fingerprint density at radius 2 is 1.68 bits per heavy atom. The summed E-state index contributed by atoms with van der Waals surface area (Å²) in [7, 11) is 0. The summed E-state index contributed by atoms with van der Waals surface area (Å²) < 4.78 is 39.2. The number of benzene rings is 1. The van der Waals surface area contributed by atoms with E-state index in [2.05, 4.69) is 22.7 Å². The van der Waals surface area contributed by atoms with E-state index in [0.29, 0.717) is 11.1 Å². The molecule has 0 saturated heterocycles. The van der Waals surface area contributed by atoms with Crippen molar-refractivity contribution in [1.82, 2.24) is 0 Å². The van der Waals surface area contributed by atoms with Crippen molar-refractivity contribution in [3.8, 4) is 0 Å². The van der Waals surface area contributed by atoms with Gasteiger partial charge >= 0.3 is 58.4 Å². The molecule has 0 saturated carbocycles. The van der Waals surface area contributed by atoms with Crippen LogP contribution in [-0.4, -0.2) is 6.98 Å². The Morgan fingerprint density at radius 1 is 1.16 bits per heavy atom. The minimum atomic E-state index is -5.15. The molecule has 0 aromatic heterocycles. The van der Waals surface area contributed by atoms with E-state index in [9.17, 15) is 12.9 Å². The van der Waals surface area contributed by atoms with Crippen LogP contribution < -0.4 is 56.8 Å². The summed E-state index contributed by atoms with van der Waals surface area (Å²) in [5.41, 5.74) is 9.03. The number of nitrogens with zero attached hydrogens (tertiary/aromatic N) is 3. The van der Waals surface area contributed by atoms with E-state index in [1.165, 1.54) is 13.8 Å². The SMILES string of the molecule is Cc1c(CS)c(C)c([B-](F)(F)F)c(C)c1N=[N+]=[N-].[K+]. The van der Waals surface area contributed by atoms with Crippen LogP contribution in [0.2, 0.25) is 0 Å². The molecule has 0 radical (unpaired) electrons. The van der Waals surface area contributed by atoms with Gasteiger partial charge in [0.1, 0.15) is 0 Å². The second kappa shape index (κ2) is 7.40. The zero-order valence-corrected chi connectivity index (χ0v) is 15.2. The Morgan fingerprint density at radius 3 is 2.05 bits per heavy atom. The van der Waals surface area contributed by atoms with Crippen LogP contribution in [0.5, 0.6) is 0 Å². The number of thiol groups is 1. The van der Waals surface area contributed by atoms with E-state index in [4.69, 9.17) is 5.53 Å². The van der Waals surface area contributed by atoms with Gasteiger partial charge < -0.3 is 12.9 Å². The Hall–Kier alpha value is 0.371. The normalized spacial score (nSPS) is 10.7. The molecule has 0 bridgehead atoms.